The van der Waals surface area contributed by atoms with E-state index in [1.54, 1.807) is 25.1 Å². The monoisotopic (exact) mass is 279 g/mol. The fourth-order valence-electron chi connectivity index (χ4n) is 2.05. The molecule has 0 aliphatic carbocycles. The number of nitrogens with one attached hydrogen (secondary N) is 1. The molecule has 2 rings (SSSR count). The smallest absolute Gasteiger partial charge is 0.308 e. The number of hydrogen-bond acceptors (Lipinski definition) is 5. The van der Waals surface area contributed by atoms with Crippen molar-refractivity contribution in [2.45, 2.75) is 26.0 Å². The number of hydrogen-bond donors (Lipinski definition) is 2. The Morgan fingerprint density at radius 2 is 2.15 bits per heavy atom. The van der Waals surface area contributed by atoms with Crippen molar-refractivity contribution in [3.63, 3.8) is 0 Å². The van der Waals surface area contributed by atoms with Crippen LogP contribution in [0.5, 0.6) is 5.75 Å². The second-order valence-electron chi connectivity index (χ2n) is 4.71. The van der Waals surface area contributed by atoms with E-state index in [1.807, 2.05) is 0 Å². The fraction of sp³-hybridized carbons (Fsp3) is 0.429. The number of aliphatic hydroxyl groups is 1. The minimum Gasteiger partial charge on any atom is -0.426 e. The maximum absolute atomic E-state index is 12.2. The molecule has 1 aliphatic rings. The summed E-state index contributed by atoms with van der Waals surface area (Å²) in [6, 6.07) is 4.49. The van der Waals surface area contributed by atoms with Crippen molar-refractivity contribution in [2.24, 2.45) is 0 Å². The topological polar surface area (TPSA) is 84.9 Å². The predicted octanol–water partition coefficient (Wildman–Crippen LogP) is 0.410. The Balaban J connectivity index is 2.15. The van der Waals surface area contributed by atoms with Gasteiger partial charge in [0.2, 0.25) is 0 Å². The maximum Gasteiger partial charge on any atom is 0.308 e. The normalized spacial score (nSPS) is 21.6. The quantitative estimate of drug-likeness (QED) is 0.618. The minimum atomic E-state index is -0.698. The molecule has 1 heterocycles. The summed E-state index contributed by atoms with van der Waals surface area (Å²) >= 11 is 0. The highest BCUT2D eigenvalue weighted by atomic mass is 16.5. The van der Waals surface area contributed by atoms with Gasteiger partial charge in [0.05, 0.1) is 25.4 Å². The number of ether oxygens (including phenoxy) is 2. The Morgan fingerprint density at radius 3 is 2.75 bits per heavy atom. The lowest BCUT2D eigenvalue weighted by Crippen LogP contribution is -2.42. The number of aliphatic hydroxyl groups excluding tert-OH is 1. The van der Waals surface area contributed by atoms with E-state index in [4.69, 9.17) is 9.47 Å². The lowest BCUT2D eigenvalue weighted by atomic mass is 10.1. The molecule has 1 aliphatic heterocycles. The average molecular weight is 279 g/mol. The van der Waals surface area contributed by atoms with Gasteiger partial charge < -0.3 is 19.9 Å². The molecule has 0 saturated carbocycles. The summed E-state index contributed by atoms with van der Waals surface area (Å²) in [6.07, 6.45) is -0.698. The van der Waals surface area contributed by atoms with Crippen LogP contribution in [0.3, 0.4) is 0 Å². The average Bonchev–Trinajstić information content (AvgIpc) is 2.77. The third-order valence-electron chi connectivity index (χ3n) is 3.15. The molecule has 2 N–H and O–H groups in total. The lowest BCUT2D eigenvalue weighted by Gasteiger charge is -2.16. The van der Waals surface area contributed by atoms with Gasteiger partial charge in [-0.3, -0.25) is 9.59 Å². The van der Waals surface area contributed by atoms with E-state index in [-0.39, 0.29) is 19.1 Å². The Bertz CT molecular complexity index is 528. The summed E-state index contributed by atoms with van der Waals surface area (Å²) < 4.78 is 10.1. The summed E-state index contributed by atoms with van der Waals surface area (Å²) in [4.78, 5) is 23.2. The first-order chi connectivity index (χ1) is 9.49. The first kappa shape index (κ1) is 14.5. The van der Waals surface area contributed by atoms with Crippen molar-refractivity contribution in [2.75, 3.05) is 13.2 Å². The van der Waals surface area contributed by atoms with Crippen LogP contribution in [-0.2, 0) is 9.53 Å². The summed E-state index contributed by atoms with van der Waals surface area (Å²) in [5.41, 5.74) is 0.983. The molecule has 0 spiro atoms. The largest absolute Gasteiger partial charge is 0.426 e. The van der Waals surface area contributed by atoms with Crippen molar-refractivity contribution in [3.8, 4) is 5.75 Å². The van der Waals surface area contributed by atoms with Gasteiger partial charge in [-0.15, -0.1) is 0 Å². The van der Waals surface area contributed by atoms with Gasteiger partial charge in [0.25, 0.3) is 5.91 Å². The van der Waals surface area contributed by atoms with Gasteiger partial charge in [-0.05, 0) is 19.1 Å². The summed E-state index contributed by atoms with van der Waals surface area (Å²) in [7, 11) is 0. The molecule has 1 saturated heterocycles. The van der Waals surface area contributed by atoms with Crippen molar-refractivity contribution in [1.29, 1.82) is 0 Å². The molecule has 1 fully saturated rings. The van der Waals surface area contributed by atoms with Crippen molar-refractivity contribution in [3.05, 3.63) is 29.3 Å². The van der Waals surface area contributed by atoms with E-state index >= 15 is 0 Å². The number of rotatable bonds is 3. The predicted molar refractivity (Wildman–Crippen MR) is 70.6 cm³/mol. The summed E-state index contributed by atoms with van der Waals surface area (Å²) in [5.74, 6) is -0.412. The number of esters is 1. The van der Waals surface area contributed by atoms with Gasteiger partial charge in [0.15, 0.2) is 0 Å². The molecule has 0 aromatic heterocycles. The van der Waals surface area contributed by atoms with Gasteiger partial charge in [-0.1, -0.05) is 6.07 Å². The van der Waals surface area contributed by atoms with Crippen molar-refractivity contribution in [1.82, 2.24) is 5.32 Å². The number of benzene rings is 1. The van der Waals surface area contributed by atoms with Crippen LogP contribution in [0, 0.1) is 6.92 Å². The van der Waals surface area contributed by atoms with Gasteiger partial charge in [-0.25, -0.2) is 0 Å². The van der Waals surface area contributed by atoms with Crippen LogP contribution in [0.2, 0.25) is 0 Å². The number of amides is 1. The zero-order chi connectivity index (χ0) is 14.7. The van der Waals surface area contributed by atoms with Crippen molar-refractivity contribution >= 4 is 11.9 Å². The SMILES string of the molecule is CC(=O)Oc1cccc(C(=O)NC2COC[C@@H]2O)c1C. The molecule has 1 amide bonds. The maximum atomic E-state index is 12.2. The molecular weight excluding hydrogens is 262 g/mol. The van der Waals surface area contributed by atoms with Gasteiger partial charge >= 0.3 is 5.97 Å². The van der Waals surface area contributed by atoms with E-state index < -0.39 is 18.1 Å². The molecule has 108 valence electrons. The van der Waals surface area contributed by atoms with E-state index in [2.05, 4.69) is 5.32 Å². The standard InChI is InChI=1S/C14H17NO5/c1-8-10(4-3-5-13(8)20-9(2)16)14(18)15-11-6-19-7-12(11)17/h3-5,11-12,17H,6-7H2,1-2H3,(H,15,18)/t11?,12-/m0/s1. The van der Waals surface area contributed by atoms with E-state index in [9.17, 15) is 14.7 Å². The molecule has 6 nitrogen and oxygen atoms in total. The third kappa shape index (κ3) is 3.15. The van der Waals surface area contributed by atoms with E-state index in [1.165, 1.54) is 6.92 Å². The fourth-order valence-corrected chi connectivity index (χ4v) is 2.05. The van der Waals surface area contributed by atoms with Crippen LogP contribution in [0.4, 0.5) is 0 Å². The van der Waals surface area contributed by atoms with Crippen LogP contribution in [0.15, 0.2) is 18.2 Å². The minimum absolute atomic E-state index is 0.220. The van der Waals surface area contributed by atoms with Crippen LogP contribution < -0.4 is 10.1 Å². The Morgan fingerprint density at radius 1 is 1.40 bits per heavy atom. The van der Waals surface area contributed by atoms with Crippen molar-refractivity contribution < 1.29 is 24.2 Å². The first-order valence-corrected chi connectivity index (χ1v) is 6.33. The molecule has 2 atom stereocenters. The summed E-state index contributed by atoms with van der Waals surface area (Å²) in [6.45, 7) is 3.51. The molecule has 6 heteroatoms. The first-order valence-electron chi connectivity index (χ1n) is 6.33. The van der Waals surface area contributed by atoms with Gasteiger partial charge in [0, 0.05) is 18.1 Å². The highest BCUT2D eigenvalue weighted by Gasteiger charge is 2.28. The molecule has 1 aromatic rings. The van der Waals surface area contributed by atoms with E-state index in [0.29, 0.717) is 16.9 Å². The number of carbonyl (C=O) groups is 2. The lowest BCUT2D eigenvalue weighted by molar-refractivity contribution is -0.131. The Kier molecular flexibility index (Phi) is 4.36. The molecule has 1 unspecified atom stereocenters. The highest BCUT2D eigenvalue weighted by molar-refractivity contribution is 5.96. The number of carbonyl (C=O) groups excluding carboxylic acids is 2. The zero-order valence-electron chi connectivity index (χ0n) is 11.4. The molecular formula is C14H17NO5. The van der Waals surface area contributed by atoms with Gasteiger partial charge in [0.1, 0.15) is 5.75 Å². The molecule has 1 aromatic carbocycles. The zero-order valence-corrected chi connectivity index (χ0v) is 11.4. The van der Waals surface area contributed by atoms with Crippen LogP contribution in [-0.4, -0.2) is 42.3 Å². The summed E-state index contributed by atoms with van der Waals surface area (Å²) in [5, 5.41) is 12.3. The van der Waals surface area contributed by atoms with Crippen LogP contribution in [0.1, 0.15) is 22.8 Å². The Hall–Kier alpha value is -1.92. The second kappa shape index (κ2) is 6.02. The second-order valence-corrected chi connectivity index (χ2v) is 4.71. The molecule has 20 heavy (non-hydrogen) atoms. The van der Waals surface area contributed by atoms with E-state index in [0.717, 1.165) is 0 Å². The third-order valence-corrected chi connectivity index (χ3v) is 3.15. The van der Waals surface area contributed by atoms with Gasteiger partial charge in [-0.2, -0.15) is 0 Å². The van der Waals surface area contributed by atoms with Crippen LogP contribution >= 0.6 is 0 Å². The highest BCUT2D eigenvalue weighted by Crippen LogP contribution is 2.22. The molecule has 0 bridgehead atoms. The van der Waals surface area contributed by atoms with Crippen LogP contribution in [0.25, 0.3) is 0 Å². The Labute approximate surface area is 116 Å². The molecule has 0 radical (unpaired) electrons.